The molecule has 4 heteroatoms. The molecule has 2 nitrogen and oxygen atoms in total. The van der Waals surface area contributed by atoms with Crippen LogP contribution in [0, 0.1) is 0 Å². The Kier molecular flexibility index (Phi) is 4.92. The first kappa shape index (κ1) is 15.2. The average Bonchev–Trinajstić information content (AvgIpc) is 2.42. The van der Waals surface area contributed by atoms with Crippen LogP contribution < -0.4 is 5.73 Å². The van der Waals surface area contributed by atoms with Gasteiger partial charge in [-0.05, 0) is 43.3 Å². The summed E-state index contributed by atoms with van der Waals surface area (Å²) in [5.74, 6) is 0. The summed E-state index contributed by atoms with van der Waals surface area (Å²) in [5, 5.41) is 1.39. The number of halogens is 2. The van der Waals surface area contributed by atoms with Crippen molar-refractivity contribution in [1.82, 2.24) is 4.90 Å². The van der Waals surface area contributed by atoms with E-state index in [-0.39, 0.29) is 6.04 Å². The van der Waals surface area contributed by atoms with Gasteiger partial charge < -0.3 is 5.73 Å². The van der Waals surface area contributed by atoms with Crippen LogP contribution in [0.2, 0.25) is 10.0 Å². The van der Waals surface area contributed by atoms with Gasteiger partial charge in [0.15, 0.2) is 0 Å². The summed E-state index contributed by atoms with van der Waals surface area (Å²) in [6.07, 6.45) is 0. The summed E-state index contributed by atoms with van der Waals surface area (Å²) >= 11 is 12.2. The number of nitrogens with two attached hydrogens (primary N) is 1. The number of nitrogen functional groups attached to an aromatic ring is 1. The number of anilines is 1. The van der Waals surface area contributed by atoms with E-state index in [0.717, 1.165) is 22.7 Å². The second-order valence-electron chi connectivity index (χ2n) is 4.97. The first-order valence-electron chi connectivity index (χ1n) is 6.47. The lowest BCUT2D eigenvalue weighted by atomic mass is 10.1. The first-order valence-corrected chi connectivity index (χ1v) is 7.23. The van der Waals surface area contributed by atoms with Crippen LogP contribution in [0.4, 0.5) is 5.69 Å². The molecule has 1 unspecified atom stereocenters. The van der Waals surface area contributed by atoms with Crippen LogP contribution in [0.5, 0.6) is 0 Å². The highest BCUT2D eigenvalue weighted by molar-refractivity contribution is 6.33. The molecular formula is C16H18Cl2N2. The van der Waals surface area contributed by atoms with Gasteiger partial charge in [-0.25, -0.2) is 0 Å². The molecule has 0 radical (unpaired) electrons. The Morgan fingerprint density at radius 3 is 2.45 bits per heavy atom. The maximum Gasteiger partial charge on any atom is 0.0635 e. The molecule has 0 aliphatic carbocycles. The zero-order chi connectivity index (χ0) is 14.7. The van der Waals surface area contributed by atoms with Crippen molar-refractivity contribution < 1.29 is 0 Å². The van der Waals surface area contributed by atoms with Crippen molar-refractivity contribution in [2.75, 3.05) is 12.8 Å². The second kappa shape index (κ2) is 6.49. The maximum atomic E-state index is 6.25. The van der Waals surface area contributed by atoms with E-state index in [1.165, 1.54) is 0 Å². The van der Waals surface area contributed by atoms with Gasteiger partial charge in [0.25, 0.3) is 0 Å². The zero-order valence-corrected chi connectivity index (χ0v) is 13.1. The molecule has 1 atom stereocenters. The molecule has 2 aromatic carbocycles. The topological polar surface area (TPSA) is 29.3 Å². The van der Waals surface area contributed by atoms with Crippen molar-refractivity contribution in [3.63, 3.8) is 0 Å². The Labute approximate surface area is 130 Å². The predicted octanol–water partition coefficient (Wildman–Crippen LogP) is 4.77. The van der Waals surface area contributed by atoms with E-state index in [4.69, 9.17) is 28.9 Å². The van der Waals surface area contributed by atoms with E-state index in [9.17, 15) is 0 Å². The molecule has 2 N–H and O–H groups in total. The van der Waals surface area contributed by atoms with Crippen molar-refractivity contribution in [1.29, 1.82) is 0 Å². The van der Waals surface area contributed by atoms with Crippen LogP contribution in [-0.2, 0) is 6.54 Å². The summed E-state index contributed by atoms with van der Waals surface area (Å²) in [7, 11) is 2.07. The highest BCUT2D eigenvalue weighted by atomic mass is 35.5. The van der Waals surface area contributed by atoms with Gasteiger partial charge in [0.05, 0.1) is 10.7 Å². The number of rotatable bonds is 4. The average molecular weight is 309 g/mol. The summed E-state index contributed by atoms with van der Waals surface area (Å²) in [4.78, 5) is 2.23. The Morgan fingerprint density at radius 2 is 1.80 bits per heavy atom. The summed E-state index contributed by atoms with van der Waals surface area (Å²) in [6.45, 7) is 2.92. The highest BCUT2D eigenvalue weighted by Crippen LogP contribution is 2.28. The summed E-state index contributed by atoms with van der Waals surface area (Å²) in [5.41, 5.74) is 8.71. The Morgan fingerprint density at radius 1 is 1.10 bits per heavy atom. The van der Waals surface area contributed by atoms with E-state index >= 15 is 0 Å². The summed E-state index contributed by atoms with van der Waals surface area (Å²) in [6, 6.07) is 13.9. The molecule has 2 aromatic rings. The smallest absolute Gasteiger partial charge is 0.0635 e. The van der Waals surface area contributed by atoms with E-state index < -0.39 is 0 Å². The third-order valence-corrected chi connectivity index (χ3v) is 4.20. The minimum atomic E-state index is 0.223. The molecule has 0 bridgehead atoms. The van der Waals surface area contributed by atoms with Gasteiger partial charge in [-0.3, -0.25) is 4.90 Å². The zero-order valence-electron chi connectivity index (χ0n) is 11.6. The van der Waals surface area contributed by atoms with Gasteiger partial charge in [0, 0.05) is 17.6 Å². The fourth-order valence-corrected chi connectivity index (χ4v) is 2.58. The van der Waals surface area contributed by atoms with Crippen molar-refractivity contribution in [2.24, 2.45) is 0 Å². The molecule has 0 heterocycles. The predicted molar refractivity (Wildman–Crippen MR) is 87.2 cm³/mol. The number of hydrogen-bond donors (Lipinski definition) is 1. The van der Waals surface area contributed by atoms with Gasteiger partial charge in [0.2, 0.25) is 0 Å². The van der Waals surface area contributed by atoms with Crippen LogP contribution in [0.1, 0.15) is 24.1 Å². The van der Waals surface area contributed by atoms with Gasteiger partial charge >= 0.3 is 0 Å². The molecule has 106 valence electrons. The molecule has 0 amide bonds. The molecule has 0 fully saturated rings. The number of hydrogen-bond acceptors (Lipinski definition) is 2. The Balaban J connectivity index is 2.13. The minimum absolute atomic E-state index is 0.223. The lowest BCUT2D eigenvalue weighted by molar-refractivity contribution is 0.253. The molecule has 0 saturated carbocycles. The van der Waals surface area contributed by atoms with Crippen LogP contribution in [0.3, 0.4) is 0 Å². The van der Waals surface area contributed by atoms with Crippen LogP contribution >= 0.6 is 23.2 Å². The van der Waals surface area contributed by atoms with E-state index in [2.05, 4.69) is 24.9 Å². The van der Waals surface area contributed by atoms with Crippen molar-refractivity contribution in [3.8, 4) is 0 Å². The molecular weight excluding hydrogens is 291 g/mol. The monoisotopic (exact) mass is 308 g/mol. The minimum Gasteiger partial charge on any atom is -0.398 e. The van der Waals surface area contributed by atoms with Gasteiger partial charge in [-0.15, -0.1) is 0 Å². The van der Waals surface area contributed by atoms with Crippen LogP contribution in [0.25, 0.3) is 0 Å². The fraction of sp³-hybridized carbons (Fsp3) is 0.250. The third-order valence-electron chi connectivity index (χ3n) is 3.51. The molecule has 20 heavy (non-hydrogen) atoms. The third kappa shape index (κ3) is 3.45. The number of benzene rings is 2. The normalized spacial score (nSPS) is 12.7. The summed E-state index contributed by atoms with van der Waals surface area (Å²) < 4.78 is 0. The lowest BCUT2D eigenvalue weighted by Gasteiger charge is -2.26. The maximum absolute atomic E-state index is 6.25. The SMILES string of the molecule is CC(c1ccccc1Cl)N(C)Cc1ccc(Cl)c(N)c1. The number of nitrogens with zero attached hydrogens (tertiary/aromatic N) is 1. The van der Waals surface area contributed by atoms with Crippen molar-refractivity contribution in [2.45, 2.75) is 19.5 Å². The Bertz CT molecular complexity index is 599. The molecule has 0 spiro atoms. The van der Waals surface area contributed by atoms with Gasteiger partial charge in [-0.1, -0.05) is 47.5 Å². The fourth-order valence-electron chi connectivity index (χ4n) is 2.17. The first-order chi connectivity index (χ1) is 9.49. The second-order valence-corrected chi connectivity index (χ2v) is 5.78. The van der Waals surface area contributed by atoms with Gasteiger partial charge in [-0.2, -0.15) is 0 Å². The van der Waals surface area contributed by atoms with Crippen molar-refractivity contribution >= 4 is 28.9 Å². The molecule has 0 aromatic heterocycles. The molecule has 0 aliphatic rings. The molecule has 0 saturated heterocycles. The highest BCUT2D eigenvalue weighted by Gasteiger charge is 2.14. The van der Waals surface area contributed by atoms with E-state index in [1.54, 1.807) is 0 Å². The quantitative estimate of drug-likeness (QED) is 0.824. The lowest BCUT2D eigenvalue weighted by Crippen LogP contribution is -2.22. The van der Waals surface area contributed by atoms with Crippen LogP contribution in [-0.4, -0.2) is 11.9 Å². The largest absolute Gasteiger partial charge is 0.398 e. The molecule has 0 aliphatic heterocycles. The van der Waals surface area contributed by atoms with Crippen molar-refractivity contribution in [3.05, 3.63) is 63.6 Å². The van der Waals surface area contributed by atoms with Crippen LogP contribution in [0.15, 0.2) is 42.5 Å². The standard InChI is InChI=1S/C16H18Cl2N2/c1-11(13-5-3-4-6-14(13)17)20(2)10-12-7-8-15(18)16(19)9-12/h3-9,11H,10,19H2,1-2H3. The molecule has 2 rings (SSSR count). The van der Waals surface area contributed by atoms with Gasteiger partial charge in [0.1, 0.15) is 0 Å². The van der Waals surface area contributed by atoms with E-state index in [0.29, 0.717) is 10.7 Å². The Hall–Kier alpha value is -1.22. The van der Waals surface area contributed by atoms with E-state index in [1.807, 2.05) is 36.4 Å².